The van der Waals surface area contributed by atoms with Gasteiger partial charge >= 0.3 is 0 Å². The minimum atomic E-state index is -0.378. The molecule has 3 amide bonds. The van der Waals surface area contributed by atoms with E-state index >= 15 is 0 Å². The number of nitrogens with one attached hydrogen (secondary N) is 1. The van der Waals surface area contributed by atoms with Gasteiger partial charge in [0.25, 0.3) is 17.7 Å². The van der Waals surface area contributed by atoms with Gasteiger partial charge in [0.15, 0.2) is 0 Å². The molecule has 1 N–H and O–H groups in total. The largest absolute Gasteiger partial charge is 0.385 e. The van der Waals surface area contributed by atoms with Crippen molar-refractivity contribution < 1.29 is 19.1 Å². The number of benzene rings is 2. The summed E-state index contributed by atoms with van der Waals surface area (Å²) in [6.45, 7) is 2.61. The van der Waals surface area contributed by atoms with Gasteiger partial charge in [0.2, 0.25) is 0 Å². The van der Waals surface area contributed by atoms with Gasteiger partial charge in [-0.15, -0.1) is 0 Å². The van der Waals surface area contributed by atoms with Crippen LogP contribution in [-0.2, 0) is 4.74 Å². The number of carbonyl (C=O) groups is 3. The summed E-state index contributed by atoms with van der Waals surface area (Å²) in [5, 5.41) is 3.52. The summed E-state index contributed by atoms with van der Waals surface area (Å²) < 4.78 is 4.97. The van der Waals surface area contributed by atoms with Crippen LogP contribution in [0.4, 0.5) is 0 Å². The van der Waals surface area contributed by atoms with E-state index in [-0.39, 0.29) is 35.9 Å². The zero-order chi connectivity index (χ0) is 20.3. The average molecular weight is 401 g/mol. The molecule has 2 aromatic rings. The molecule has 1 heterocycles. The number of ether oxygens (including phenoxy) is 1. The second-order valence-corrected chi connectivity index (χ2v) is 7.05. The lowest BCUT2D eigenvalue weighted by Crippen LogP contribution is -2.31. The number of methoxy groups -OCH3 is 1. The van der Waals surface area contributed by atoms with Crippen LogP contribution in [0, 0.1) is 0 Å². The van der Waals surface area contributed by atoms with Gasteiger partial charge in [0.1, 0.15) is 0 Å². The molecule has 7 heteroatoms. The van der Waals surface area contributed by atoms with Gasteiger partial charge in [-0.2, -0.15) is 0 Å². The summed E-state index contributed by atoms with van der Waals surface area (Å²) in [5.41, 5.74) is 1.83. The molecule has 0 radical (unpaired) electrons. The van der Waals surface area contributed by atoms with Crippen molar-refractivity contribution in [3.05, 3.63) is 69.7 Å². The lowest BCUT2D eigenvalue weighted by atomic mass is 10.0. The summed E-state index contributed by atoms with van der Waals surface area (Å²) in [6, 6.07) is 11.6. The highest BCUT2D eigenvalue weighted by Crippen LogP contribution is 2.25. The molecule has 0 aliphatic carbocycles. The second-order valence-electron chi connectivity index (χ2n) is 6.62. The standard InChI is InChI=1S/C21H21ClN2O4/c1-13(14-4-7-16(22)8-5-14)23-19(25)15-6-9-17-18(12-15)21(27)24(20(17)26)10-3-11-28-2/h4-9,12-13H,3,10-11H2,1-2H3,(H,23,25)/t13-/m1/s1. The third-order valence-corrected chi connectivity index (χ3v) is 4.93. The molecular weight excluding hydrogens is 380 g/mol. The Bertz CT molecular complexity index is 911. The van der Waals surface area contributed by atoms with Crippen molar-refractivity contribution in [1.82, 2.24) is 10.2 Å². The van der Waals surface area contributed by atoms with Crippen molar-refractivity contribution in [2.45, 2.75) is 19.4 Å². The van der Waals surface area contributed by atoms with Gasteiger partial charge in [0, 0.05) is 30.8 Å². The first kappa shape index (κ1) is 20.0. The SMILES string of the molecule is COCCCN1C(=O)c2ccc(C(=O)N[C@H](C)c3ccc(Cl)cc3)cc2C1=O. The summed E-state index contributed by atoms with van der Waals surface area (Å²) in [5.74, 6) is -1.03. The maximum absolute atomic E-state index is 12.6. The van der Waals surface area contributed by atoms with Crippen LogP contribution in [0.1, 0.15) is 56.0 Å². The third kappa shape index (κ3) is 4.08. The molecule has 0 fully saturated rings. The van der Waals surface area contributed by atoms with Crippen LogP contribution >= 0.6 is 11.6 Å². The van der Waals surface area contributed by atoms with Gasteiger partial charge in [-0.1, -0.05) is 23.7 Å². The van der Waals surface area contributed by atoms with E-state index in [1.54, 1.807) is 25.3 Å². The third-order valence-electron chi connectivity index (χ3n) is 4.68. The number of amides is 3. The van der Waals surface area contributed by atoms with E-state index in [9.17, 15) is 14.4 Å². The van der Waals surface area contributed by atoms with Gasteiger partial charge in [-0.25, -0.2) is 0 Å². The second kappa shape index (κ2) is 8.54. The number of rotatable bonds is 7. The first-order valence-corrected chi connectivity index (χ1v) is 9.35. The summed E-state index contributed by atoms with van der Waals surface area (Å²) in [6.07, 6.45) is 0.563. The zero-order valence-electron chi connectivity index (χ0n) is 15.7. The van der Waals surface area contributed by atoms with E-state index in [0.717, 1.165) is 5.56 Å². The molecule has 0 spiro atoms. The number of fused-ring (bicyclic) bond motifs is 1. The summed E-state index contributed by atoms with van der Waals surface area (Å²) in [7, 11) is 1.57. The fourth-order valence-corrected chi connectivity index (χ4v) is 3.24. The molecule has 6 nitrogen and oxygen atoms in total. The number of carbonyl (C=O) groups excluding carboxylic acids is 3. The Balaban J connectivity index is 1.73. The van der Waals surface area contributed by atoms with Crippen LogP contribution in [0.2, 0.25) is 5.02 Å². The number of hydrogen-bond donors (Lipinski definition) is 1. The Morgan fingerprint density at radius 2 is 1.79 bits per heavy atom. The Morgan fingerprint density at radius 1 is 1.11 bits per heavy atom. The normalized spacial score (nSPS) is 14.2. The van der Waals surface area contributed by atoms with Crippen molar-refractivity contribution in [3.8, 4) is 0 Å². The van der Waals surface area contributed by atoms with Crippen LogP contribution in [0.15, 0.2) is 42.5 Å². The van der Waals surface area contributed by atoms with Crippen molar-refractivity contribution in [2.24, 2.45) is 0 Å². The van der Waals surface area contributed by atoms with Crippen molar-refractivity contribution in [3.63, 3.8) is 0 Å². The molecule has 0 bridgehead atoms. The first-order chi connectivity index (χ1) is 13.4. The number of imide groups is 1. The van der Waals surface area contributed by atoms with Crippen LogP contribution in [0.5, 0.6) is 0 Å². The van der Waals surface area contributed by atoms with E-state index in [2.05, 4.69) is 5.32 Å². The number of nitrogens with zero attached hydrogens (tertiary/aromatic N) is 1. The van der Waals surface area contributed by atoms with E-state index in [4.69, 9.17) is 16.3 Å². The number of halogens is 1. The van der Waals surface area contributed by atoms with E-state index < -0.39 is 0 Å². The minimum Gasteiger partial charge on any atom is -0.385 e. The molecule has 0 saturated heterocycles. The molecule has 0 aromatic heterocycles. The fraction of sp³-hybridized carbons (Fsp3) is 0.286. The van der Waals surface area contributed by atoms with Crippen LogP contribution in [0.25, 0.3) is 0 Å². The molecule has 1 aliphatic rings. The highest BCUT2D eigenvalue weighted by molar-refractivity contribution is 6.30. The zero-order valence-corrected chi connectivity index (χ0v) is 16.5. The summed E-state index contributed by atoms with van der Waals surface area (Å²) in [4.78, 5) is 38.8. The fourth-order valence-electron chi connectivity index (χ4n) is 3.12. The van der Waals surface area contributed by atoms with Crippen molar-refractivity contribution in [2.75, 3.05) is 20.3 Å². The van der Waals surface area contributed by atoms with E-state index in [0.29, 0.717) is 29.2 Å². The maximum atomic E-state index is 12.6. The molecule has 0 unspecified atom stereocenters. The van der Waals surface area contributed by atoms with Crippen molar-refractivity contribution >= 4 is 29.3 Å². The van der Waals surface area contributed by atoms with Gasteiger partial charge in [-0.05, 0) is 49.2 Å². The molecule has 0 saturated carbocycles. The van der Waals surface area contributed by atoms with E-state index in [1.807, 2.05) is 19.1 Å². The molecular formula is C21H21ClN2O4. The predicted octanol–water partition coefficient (Wildman–Crippen LogP) is 3.46. The Kier molecular flexibility index (Phi) is 6.11. The van der Waals surface area contributed by atoms with Gasteiger partial charge < -0.3 is 10.1 Å². The van der Waals surface area contributed by atoms with Crippen molar-refractivity contribution in [1.29, 1.82) is 0 Å². The lowest BCUT2D eigenvalue weighted by molar-refractivity contribution is 0.0638. The van der Waals surface area contributed by atoms with Crippen LogP contribution in [0.3, 0.4) is 0 Å². The monoisotopic (exact) mass is 400 g/mol. The number of hydrogen-bond acceptors (Lipinski definition) is 4. The quantitative estimate of drug-likeness (QED) is 0.570. The topological polar surface area (TPSA) is 75.7 Å². The highest BCUT2D eigenvalue weighted by atomic mass is 35.5. The van der Waals surface area contributed by atoms with Gasteiger partial charge in [0.05, 0.1) is 17.2 Å². The molecule has 1 aliphatic heterocycles. The molecule has 146 valence electrons. The van der Waals surface area contributed by atoms with Crippen LogP contribution < -0.4 is 5.32 Å². The molecule has 28 heavy (non-hydrogen) atoms. The van der Waals surface area contributed by atoms with Crippen LogP contribution in [-0.4, -0.2) is 42.9 Å². The Hall–Kier alpha value is -2.70. The highest BCUT2D eigenvalue weighted by Gasteiger charge is 2.35. The Labute approximate surface area is 168 Å². The lowest BCUT2D eigenvalue weighted by Gasteiger charge is -2.14. The molecule has 3 rings (SSSR count). The maximum Gasteiger partial charge on any atom is 0.261 e. The molecule has 1 atom stereocenters. The van der Waals surface area contributed by atoms with E-state index in [1.165, 1.54) is 17.0 Å². The first-order valence-electron chi connectivity index (χ1n) is 8.98. The summed E-state index contributed by atoms with van der Waals surface area (Å²) >= 11 is 5.89. The molecule has 2 aromatic carbocycles. The Morgan fingerprint density at radius 3 is 2.46 bits per heavy atom. The predicted molar refractivity (Wildman–Crippen MR) is 106 cm³/mol. The van der Waals surface area contributed by atoms with Gasteiger partial charge in [-0.3, -0.25) is 19.3 Å². The smallest absolute Gasteiger partial charge is 0.261 e. The minimum absolute atomic E-state index is 0.235. The average Bonchev–Trinajstić information content (AvgIpc) is 2.93.